The third-order valence-corrected chi connectivity index (χ3v) is 5.16. The fraction of sp³-hybridized carbons (Fsp3) is 0.571. The lowest BCUT2D eigenvalue weighted by atomic mass is 9.86. The van der Waals surface area contributed by atoms with Crippen LogP contribution in [0.1, 0.15) is 31.2 Å². The van der Waals surface area contributed by atoms with Crippen molar-refractivity contribution in [2.75, 3.05) is 6.54 Å². The van der Waals surface area contributed by atoms with E-state index in [9.17, 15) is 8.42 Å². The van der Waals surface area contributed by atoms with Crippen LogP contribution < -0.4 is 10.5 Å². The molecule has 0 aromatic heterocycles. The Balaban J connectivity index is 1.96. The summed E-state index contributed by atoms with van der Waals surface area (Å²) >= 11 is 0. The Hall–Kier alpha value is -0.910. The van der Waals surface area contributed by atoms with Gasteiger partial charge < -0.3 is 5.73 Å². The normalized spacial score (nSPS) is 24.3. The van der Waals surface area contributed by atoms with Crippen molar-refractivity contribution < 1.29 is 8.42 Å². The zero-order valence-electron chi connectivity index (χ0n) is 11.3. The molecule has 0 saturated heterocycles. The van der Waals surface area contributed by atoms with E-state index in [-0.39, 0.29) is 6.04 Å². The van der Waals surface area contributed by atoms with Crippen LogP contribution in [0, 0.1) is 12.8 Å². The van der Waals surface area contributed by atoms with Gasteiger partial charge in [0.15, 0.2) is 0 Å². The molecule has 19 heavy (non-hydrogen) atoms. The van der Waals surface area contributed by atoms with Gasteiger partial charge in [0, 0.05) is 12.6 Å². The fourth-order valence-electron chi connectivity index (χ4n) is 2.55. The van der Waals surface area contributed by atoms with E-state index in [0.29, 0.717) is 17.4 Å². The van der Waals surface area contributed by atoms with Crippen molar-refractivity contribution in [2.24, 2.45) is 11.7 Å². The van der Waals surface area contributed by atoms with Crippen LogP contribution in [-0.2, 0) is 10.0 Å². The molecule has 4 nitrogen and oxygen atoms in total. The number of rotatable bonds is 4. The van der Waals surface area contributed by atoms with Gasteiger partial charge in [-0.2, -0.15) is 0 Å². The summed E-state index contributed by atoms with van der Waals surface area (Å²) in [5, 5.41) is 0. The van der Waals surface area contributed by atoms with Gasteiger partial charge in [-0.1, -0.05) is 24.1 Å². The smallest absolute Gasteiger partial charge is 0.240 e. The first-order valence-electron chi connectivity index (χ1n) is 6.79. The number of hydrogen-bond acceptors (Lipinski definition) is 3. The molecule has 3 N–H and O–H groups in total. The van der Waals surface area contributed by atoms with Crippen LogP contribution in [0.25, 0.3) is 0 Å². The molecule has 1 saturated carbocycles. The first kappa shape index (κ1) is 14.5. The van der Waals surface area contributed by atoms with E-state index in [0.717, 1.165) is 31.2 Å². The van der Waals surface area contributed by atoms with Gasteiger partial charge in [0.25, 0.3) is 0 Å². The summed E-state index contributed by atoms with van der Waals surface area (Å²) in [6.07, 6.45) is 4.12. The van der Waals surface area contributed by atoms with Crippen molar-refractivity contribution in [1.29, 1.82) is 0 Å². The Kier molecular flexibility index (Phi) is 4.60. The molecule has 1 aromatic rings. The van der Waals surface area contributed by atoms with Crippen molar-refractivity contribution in [3.8, 4) is 0 Å². The lowest BCUT2D eigenvalue weighted by Crippen LogP contribution is -2.35. The van der Waals surface area contributed by atoms with Crippen LogP contribution in [0.15, 0.2) is 29.2 Å². The number of hydrogen-bond donors (Lipinski definition) is 2. The number of benzene rings is 1. The Labute approximate surface area is 115 Å². The van der Waals surface area contributed by atoms with Crippen molar-refractivity contribution in [3.63, 3.8) is 0 Å². The van der Waals surface area contributed by atoms with Crippen LogP contribution in [-0.4, -0.2) is 21.0 Å². The quantitative estimate of drug-likeness (QED) is 0.884. The summed E-state index contributed by atoms with van der Waals surface area (Å²) in [5.41, 5.74) is 6.97. The van der Waals surface area contributed by atoms with Gasteiger partial charge in [-0.05, 0) is 44.2 Å². The van der Waals surface area contributed by atoms with Crippen molar-refractivity contribution in [1.82, 2.24) is 4.72 Å². The maximum absolute atomic E-state index is 12.1. The van der Waals surface area contributed by atoms with Crippen LogP contribution in [0.5, 0.6) is 0 Å². The molecule has 0 amide bonds. The zero-order valence-corrected chi connectivity index (χ0v) is 12.1. The second-order valence-corrected chi connectivity index (χ2v) is 7.22. The third kappa shape index (κ3) is 4.03. The van der Waals surface area contributed by atoms with Gasteiger partial charge in [-0.15, -0.1) is 0 Å². The van der Waals surface area contributed by atoms with Gasteiger partial charge in [-0.25, -0.2) is 13.1 Å². The fourth-order valence-corrected chi connectivity index (χ4v) is 3.66. The SMILES string of the molecule is Cc1ccc(S(=O)(=O)NCC2CCCC(N)C2)cc1. The second-order valence-electron chi connectivity index (χ2n) is 5.46. The standard InChI is InChI=1S/C14H22N2O2S/c1-11-5-7-14(8-6-11)19(17,18)16-10-12-3-2-4-13(15)9-12/h5-8,12-13,16H,2-4,9-10,15H2,1H3. The molecule has 5 heteroatoms. The molecule has 0 aliphatic heterocycles. The van der Waals surface area contributed by atoms with E-state index in [1.54, 1.807) is 12.1 Å². The van der Waals surface area contributed by atoms with Crippen LogP contribution in [0.3, 0.4) is 0 Å². The minimum Gasteiger partial charge on any atom is -0.328 e. The lowest BCUT2D eigenvalue weighted by Gasteiger charge is -2.26. The molecule has 0 heterocycles. The van der Waals surface area contributed by atoms with Gasteiger partial charge in [0.05, 0.1) is 4.90 Å². The number of nitrogens with two attached hydrogens (primary N) is 1. The Morgan fingerprint density at radius 1 is 1.26 bits per heavy atom. The van der Waals surface area contributed by atoms with Gasteiger partial charge in [-0.3, -0.25) is 0 Å². The first-order chi connectivity index (χ1) is 8.97. The first-order valence-corrected chi connectivity index (χ1v) is 8.27. The van der Waals surface area contributed by atoms with E-state index in [1.807, 2.05) is 19.1 Å². The highest BCUT2D eigenvalue weighted by molar-refractivity contribution is 7.89. The van der Waals surface area contributed by atoms with Crippen LogP contribution >= 0.6 is 0 Å². The summed E-state index contributed by atoms with van der Waals surface area (Å²) in [5.74, 6) is 0.365. The van der Waals surface area contributed by atoms with Gasteiger partial charge in [0.1, 0.15) is 0 Å². The maximum atomic E-state index is 12.1. The van der Waals surface area contributed by atoms with E-state index >= 15 is 0 Å². The molecule has 0 radical (unpaired) electrons. The molecule has 1 fully saturated rings. The predicted octanol–water partition coefficient (Wildman–Crippen LogP) is 1.79. The van der Waals surface area contributed by atoms with Crippen molar-refractivity contribution >= 4 is 10.0 Å². The van der Waals surface area contributed by atoms with E-state index in [2.05, 4.69) is 4.72 Å². The summed E-state index contributed by atoms with van der Waals surface area (Å²) < 4.78 is 27.0. The molecule has 2 atom stereocenters. The van der Waals surface area contributed by atoms with Crippen molar-refractivity contribution in [3.05, 3.63) is 29.8 Å². The van der Waals surface area contributed by atoms with Crippen LogP contribution in [0.2, 0.25) is 0 Å². The molecule has 1 aliphatic carbocycles. The summed E-state index contributed by atoms with van der Waals surface area (Å²) in [6, 6.07) is 7.13. The third-order valence-electron chi connectivity index (χ3n) is 3.72. The largest absolute Gasteiger partial charge is 0.328 e. The maximum Gasteiger partial charge on any atom is 0.240 e. The summed E-state index contributed by atoms with van der Waals surface area (Å²) in [6.45, 7) is 2.43. The number of aryl methyl sites for hydroxylation is 1. The highest BCUT2D eigenvalue weighted by Crippen LogP contribution is 2.23. The topological polar surface area (TPSA) is 72.2 Å². The van der Waals surface area contributed by atoms with E-state index < -0.39 is 10.0 Å². The van der Waals surface area contributed by atoms with E-state index in [1.165, 1.54) is 0 Å². The minimum atomic E-state index is -3.38. The minimum absolute atomic E-state index is 0.225. The highest BCUT2D eigenvalue weighted by atomic mass is 32.2. The van der Waals surface area contributed by atoms with Gasteiger partial charge >= 0.3 is 0 Å². The monoisotopic (exact) mass is 282 g/mol. The summed E-state index contributed by atoms with van der Waals surface area (Å²) in [7, 11) is -3.38. The molecular weight excluding hydrogens is 260 g/mol. The molecular formula is C14H22N2O2S. The molecule has 1 aliphatic rings. The predicted molar refractivity (Wildman–Crippen MR) is 76.3 cm³/mol. The highest BCUT2D eigenvalue weighted by Gasteiger charge is 2.21. The zero-order chi connectivity index (χ0) is 13.9. The van der Waals surface area contributed by atoms with E-state index in [4.69, 9.17) is 5.73 Å². The van der Waals surface area contributed by atoms with Crippen LogP contribution in [0.4, 0.5) is 0 Å². The molecule has 0 spiro atoms. The Morgan fingerprint density at radius 2 is 1.95 bits per heavy atom. The Morgan fingerprint density at radius 3 is 2.58 bits per heavy atom. The molecule has 2 unspecified atom stereocenters. The molecule has 2 rings (SSSR count). The molecule has 1 aromatic carbocycles. The van der Waals surface area contributed by atoms with Gasteiger partial charge in [0.2, 0.25) is 10.0 Å². The Bertz CT molecular complexity index is 511. The molecule has 106 valence electrons. The summed E-state index contributed by atoms with van der Waals surface area (Å²) in [4.78, 5) is 0.332. The number of nitrogens with one attached hydrogen (secondary N) is 1. The number of sulfonamides is 1. The molecule has 0 bridgehead atoms. The second kappa shape index (κ2) is 6.03. The average Bonchev–Trinajstić information content (AvgIpc) is 2.37. The average molecular weight is 282 g/mol. The lowest BCUT2D eigenvalue weighted by molar-refractivity contribution is 0.322. The van der Waals surface area contributed by atoms with Crippen molar-refractivity contribution in [2.45, 2.75) is 43.5 Å².